The maximum Gasteiger partial charge on any atom is 0.307 e. The quantitative estimate of drug-likeness (QED) is 0.586. The van der Waals surface area contributed by atoms with Crippen molar-refractivity contribution in [2.75, 3.05) is 5.32 Å². The van der Waals surface area contributed by atoms with Crippen LogP contribution in [0.4, 0.5) is 5.00 Å². The number of carbonyl (C=O) groups is 3. The summed E-state index contributed by atoms with van der Waals surface area (Å²) in [6.07, 6.45) is 6.39. The molecule has 5 rings (SSSR count). The highest BCUT2D eigenvalue weighted by Gasteiger charge is 2.48. The summed E-state index contributed by atoms with van der Waals surface area (Å²) < 4.78 is 0. The number of allylic oxidation sites excluding steroid dienone is 2. The van der Waals surface area contributed by atoms with E-state index in [1.54, 1.807) is 0 Å². The fraction of sp³-hybridized carbons (Fsp3) is 0.375. The molecule has 2 amide bonds. The molecule has 0 radical (unpaired) electrons. The van der Waals surface area contributed by atoms with Crippen LogP contribution in [0.3, 0.4) is 0 Å². The normalized spacial score (nSPS) is 24.2. The maximum absolute atomic E-state index is 13.2. The number of hydrogen-bond acceptors (Lipinski definition) is 4. The molecule has 6 nitrogen and oxygen atoms in total. The van der Waals surface area contributed by atoms with Gasteiger partial charge in [-0.15, -0.1) is 11.3 Å². The number of nitrogens with two attached hydrogens (primary N) is 1. The second kappa shape index (κ2) is 8.30. The topological polar surface area (TPSA) is 109 Å². The number of hydrogen-bond donors (Lipinski definition) is 3. The number of carboxylic acid groups (broad SMARTS) is 1. The number of rotatable bonds is 6. The molecular weight excluding hydrogens is 412 g/mol. The van der Waals surface area contributed by atoms with E-state index >= 15 is 0 Å². The maximum atomic E-state index is 13.2. The van der Waals surface area contributed by atoms with Crippen LogP contribution in [-0.4, -0.2) is 22.9 Å². The lowest BCUT2D eigenvalue weighted by molar-refractivity contribution is -0.151. The van der Waals surface area contributed by atoms with Gasteiger partial charge in [0.05, 0.1) is 17.4 Å². The molecule has 3 aliphatic carbocycles. The van der Waals surface area contributed by atoms with Gasteiger partial charge in [0.25, 0.3) is 5.91 Å². The molecule has 0 aliphatic heterocycles. The summed E-state index contributed by atoms with van der Waals surface area (Å²) in [6, 6.07) is 7.94. The molecule has 4 atom stereocenters. The fourth-order valence-corrected chi connectivity index (χ4v) is 6.09. The fourth-order valence-electron chi connectivity index (χ4n) is 5.01. The molecule has 2 aromatic rings. The van der Waals surface area contributed by atoms with Gasteiger partial charge in [-0.2, -0.15) is 0 Å². The molecule has 0 spiro atoms. The summed E-state index contributed by atoms with van der Waals surface area (Å²) in [7, 11) is 0. The number of thiophene rings is 1. The van der Waals surface area contributed by atoms with Crippen molar-refractivity contribution in [1.29, 1.82) is 0 Å². The minimum atomic E-state index is -0.951. The van der Waals surface area contributed by atoms with E-state index in [-0.39, 0.29) is 23.3 Å². The average Bonchev–Trinajstić information content (AvgIpc) is 3.09. The molecule has 162 valence electrons. The Kier molecular flexibility index (Phi) is 5.71. The smallest absolute Gasteiger partial charge is 0.307 e. The van der Waals surface area contributed by atoms with E-state index in [0.29, 0.717) is 5.00 Å². The molecule has 1 saturated carbocycles. The summed E-state index contributed by atoms with van der Waals surface area (Å²) in [4.78, 5) is 38.4. The van der Waals surface area contributed by atoms with E-state index in [4.69, 9.17) is 5.73 Å². The van der Waals surface area contributed by atoms with Crippen molar-refractivity contribution in [3.05, 3.63) is 52.4 Å². The summed E-state index contributed by atoms with van der Waals surface area (Å²) in [5.74, 6) is -3.57. The van der Waals surface area contributed by atoms with E-state index in [9.17, 15) is 19.5 Å². The molecule has 0 saturated heterocycles. The Morgan fingerprint density at radius 1 is 1.10 bits per heavy atom. The van der Waals surface area contributed by atoms with Crippen LogP contribution < -0.4 is 11.1 Å². The Hall–Kier alpha value is -2.93. The molecule has 31 heavy (non-hydrogen) atoms. The van der Waals surface area contributed by atoms with Gasteiger partial charge in [-0.05, 0) is 49.1 Å². The van der Waals surface area contributed by atoms with Crippen LogP contribution in [0, 0.1) is 30.6 Å². The van der Waals surface area contributed by atoms with Crippen LogP contribution in [0.5, 0.6) is 0 Å². The van der Waals surface area contributed by atoms with Gasteiger partial charge in [0.15, 0.2) is 0 Å². The Labute approximate surface area is 185 Å². The third-order valence-electron chi connectivity index (χ3n) is 6.55. The van der Waals surface area contributed by atoms with Gasteiger partial charge in [-0.25, -0.2) is 0 Å². The van der Waals surface area contributed by atoms with Crippen LogP contribution in [0.25, 0.3) is 11.1 Å². The highest BCUT2D eigenvalue weighted by atomic mass is 32.1. The van der Waals surface area contributed by atoms with Crippen LogP contribution >= 0.6 is 11.3 Å². The predicted molar refractivity (Wildman–Crippen MR) is 121 cm³/mol. The summed E-state index contributed by atoms with van der Waals surface area (Å²) in [6.45, 7) is 3.96. The number of benzene rings is 1. The van der Waals surface area contributed by atoms with Gasteiger partial charge in [-0.3, -0.25) is 14.4 Å². The SMILES string of the molecule is CCc1ccc(-c2c(C)sc(NC(=O)[C@@H]3[C@H](C(=O)O)[C@H]4C=C[C@H]3CC4)c2C(N)=O)cc1. The average molecular weight is 439 g/mol. The van der Waals surface area contributed by atoms with E-state index in [1.807, 2.05) is 43.3 Å². The van der Waals surface area contributed by atoms with Crippen molar-refractivity contribution < 1.29 is 19.5 Å². The second-order valence-corrected chi connectivity index (χ2v) is 9.55. The summed E-state index contributed by atoms with van der Waals surface area (Å²) in [5, 5.41) is 13.0. The van der Waals surface area contributed by atoms with Gasteiger partial charge >= 0.3 is 5.97 Å². The molecule has 1 aromatic carbocycles. The molecule has 3 aliphatic rings. The van der Waals surface area contributed by atoms with Crippen LogP contribution in [0.15, 0.2) is 36.4 Å². The first-order chi connectivity index (χ1) is 14.8. The van der Waals surface area contributed by atoms with Crippen molar-refractivity contribution in [3.63, 3.8) is 0 Å². The molecule has 1 fully saturated rings. The Morgan fingerprint density at radius 2 is 1.71 bits per heavy atom. The summed E-state index contributed by atoms with van der Waals surface area (Å²) >= 11 is 1.30. The first-order valence-corrected chi connectivity index (χ1v) is 11.4. The standard InChI is InChI=1S/C24H26N2O4S/c1-3-13-4-6-14(7-5-13)17-12(2)31-23(20(17)21(25)27)26-22(28)18-15-8-10-16(11-9-15)19(18)24(29)30/h4-8,10,15-16,18-19H,3,9,11H2,1-2H3,(H2,25,27)(H,26,28)(H,29,30)/t15-,16-,18-,19+/m0/s1. The Morgan fingerprint density at radius 3 is 2.23 bits per heavy atom. The largest absolute Gasteiger partial charge is 0.481 e. The van der Waals surface area contributed by atoms with Crippen LogP contribution in [0.2, 0.25) is 0 Å². The van der Waals surface area contributed by atoms with E-state index in [0.717, 1.165) is 35.3 Å². The van der Waals surface area contributed by atoms with Crippen molar-refractivity contribution in [3.8, 4) is 11.1 Å². The zero-order valence-corrected chi connectivity index (χ0v) is 18.4. The Bertz CT molecular complexity index is 1070. The number of anilines is 1. The molecule has 4 N–H and O–H groups in total. The van der Waals surface area contributed by atoms with Crippen molar-refractivity contribution in [2.24, 2.45) is 29.4 Å². The Balaban J connectivity index is 1.68. The monoisotopic (exact) mass is 438 g/mol. The minimum Gasteiger partial charge on any atom is -0.481 e. The second-order valence-electron chi connectivity index (χ2n) is 8.32. The van der Waals surface area contributed by atoms with Crippen LogP contribution in [-0.2, 0) is 16.0 Å². The van der Waals surface area contributed by atoms with Gasteiger partial charge in [-0.1, -0.05) is 43.3 Å². The van der Waals surface area contributed by atoms with Gasteiger partial charge in [0.2, 0.25) is 5.91 Å². The molecule has 1 heterocycles. The lowest BCUT2D eigenvalue weighted by atomic mass is 9.62. The summed E-state index contributed by atoms with van der Waals surface area (Å²) in [5.41, 5.74) is 8.77. The van der Waals surface area contributed by atoms with Crippen molar-refractivity contribution in [2.45, 2.75) is 33.1 Å². The molecule has 0 unspecified atom stereocenters. The highest BCUT2D eigenvalue weighted by molar-refractivity contribution is 7.17. The lowest BCUT2D eigenvalue weighted by Gasteiger charge is -2.41. The third kappa shape index (κ3) is 3.78. The highest BCUT2D eigenvalue weighted by Crippen LogP contribution is 2.46. The van der Waals surface area contributed by atoms with E-state index < -0.39 is 23.7 Å². The van der Waals surface area contributed by atoms with Gasteiger partial charge in [0.1, 0.15) is 5.00 Å². The number of fused-ring (bicyclic) bond motifs is 2. The number of primary amides is 1. The van der Waals surface area contributed by atoms with Crippen LogP contribution in [0.1, 0.15) is 40.6 Å². The number of nitrogens with one attached hydrogen (secondary N) is 1. The number of aryl methyl sites for hydroxylation is 2. The third-order valence-corrected chi connectivity index (χ3v) is 7.58. The van der Waals surface area contributed by atoms with Gasteiger partial charge < -0.3 is 16.2 Å². The number of aliphatic carboxylic acids is 1. The molecule has 7 heteroatoms. The predicted octanol–water partition coefficient (Wildman–Crippen LogP) is 4.24. The lowest BCUT2D eigenvalue weighted by Crippen LogP contribution is -2.47. The number of carboxylic acids is 1. The first kappa shape index (κ1) is 21.3. The zero-order valence-electron chi connectivity index (χ0n) is 17.6. The van der Waals surface area contributed by atoms with E-state index in [2.05, 4.69) is 12.2 Å². The van der Waals surface area contributed by atoms with E-state index in [1.165, 1.54) is 16.9 Å². The minimum absolute atomic E-state index is 0.106. The number of carbonyl (C=O) groups excluding carboxylic acids is 2. The molecule has 1 aromatic heterocycles. The van der Waals surface area contributed by atoms with Crippen molar-refractivity contribution >= 4 is 34.1 Å². The van der Waals surface area contributed by atoms with Gasteiger partial charge in [0, 0.05) is 10.4 Å². The molecular formula is C24H26N2O4S. The zero-order chi connectivity index (χ0) is 22.3. The first-order valence-electron chi connectivity index (χ1n) is 10.6. The number of amides is 2. The molecule has 2 bridgehead atoms. The van der Waals surface area contributed by atoms with Crippen molar-refractivity contribution in [1.82, 2.24) is 0 Å².